The minimum Gasteiger partial charge on any atom is -0.495 e. The van der Waals surface area contributed by atoms with Crippen LogP contribution in [0.1, 0.15) is 13.3 Å². The quantitative estimate of drug-likeness (QED) is 0.412. The lowest BCUT2D eigenvalue weighted by Crippen LogP contribution is -2.52. The van der Waals surface area contributed by atoms with Crippen LogP contribution in [0.25, 0.3) is 0 Å². The number of piperazine rings is 1. The number of nitrogens with zero attached hydrogens (tertiary/aromatic N) is 3. The van der Waals surface area contributed by atoms with Crippen molar-refractivity contribution < 1.29 is 22.6 Å². The van der Waals surface area contributed by atoms with Crippen LogP contribution in [0.15, 0.2) is 29.3 Å². The second-order valence-electron chi connectivity index (χ2n) is 6.40. The number of guanidine groups is 1. The van der Waals surface area contributed by atoms with E-state index in [1.807, 2.05) is 25.1 Å². The summed E-state index contributed by atoms with van der Waals surface area (Å²) in [6.45, 7) is 5.25. The average Bonchev–Trinajstić information content (AvgIpc) is 2.69. The first-order valence-electron chi connectivity index (χ1n) is 9.50. The molecular weight excluding hydrogens is 373 g/mol. The van der Waals surface area contributed by atoms with Gasteiger partial charge >= 0.3 is 6.18 Å². The van der Waals surface area contributed by atoms with Gasteiger partial charge in [0.15, 0.2) is 5.96 Å². The normalized spacial score (nSPS) is 15.7. The number of alkyl halides is 3. The van der Waals surface area contributed by atoms with E-state index in [2.05, 4.69) is 30.9 Å². The topological polar surface area (TPSA) is 49.3 Å². The Balaban J connectivity index is 1.83. The fourth-order valence-electron chi connectivity index (χ4n) is 3.02. The molecule has 1 aromatic carbocycles. The molecule has 0 bridgehead atoms. The third-order valence-electron chi connectivity index (χ3n) is 4.31. The van der Waals surface area contributed by atoms with Crippen LogP contribution < -0.4 is 15.0 Å². The molecule has 9 heteroatoms. The zero-order valence-electron chi connectivity index (χ0n) is 16.5. The smallest absolute Gasteiger partial charge is 0.411 e. The van der Waals surface area contributed by atoms with Gasteiger partial charge in [-0.3, -0.25) is 4.99 Å². The summed E-state index contributed by atoms with van der Waals surface area (Å²) in [5.41, 5.74) is 1.08. The minimum absolute atomic E-state index is 0.0456. The van der Waals surface area contributed by atoms with Crippen molar-refractivity contribution in [1.82, 2.24) is 10.2 Å². The molecule has 1 aliphatic rings. The minimum atomic E-state index is -4.28. The van der Waals surface area contributed by atoms with E-state index in [1.165, 1.54) is 0 Å². The maximum atomic E-state index is 12.1. The van der Waals surface area contributed by atoms with Crippen LogP contribution >= 0.6 is 0 Å². The number of ether oxygens (including phenoxy) is 2. The Bertz CT molecular complexity index is 617. The zero-order valence-corrected chi connectivity index (χ0v) is 16.5. The summed E-state index contributed by atoms with van der Waals surface area (Å²) >= 11 is 0. The van der Waals surface area contributed by atoms with Crippen molar-refractivity contribution in [2.75, 3.05) is 64.5 Å². The largest absolute Gasteiger partial charge is 0.495 e. The SMILES string of the molecule is CCNC(=NCCCOCC(F)(F)F)N1CCN(c2ccccc2OC)CC1. The molecule has 0 amide bonds. The second-order valence-corrected chi connectivity index (χ2v) is 6.40. The third kappa shape index (κ3) is 7.10. The molecule has 1 saturated heterocycles. The number of para-hydroxylation sites is 2. The number of aliphatic imine (C=N–C) groups is 1. The monoisotopic (exact) mass is 402 g/mol. The Morgan fingerprint density at radius 1 is 1.18 bits per heavy atom. The fraction of sp³-hybridized carbons (Fsp3) is 0.632. The molecule has 0 saturated carbocycles. The van der Waals surface area contributed by atoms with Gasteiger partial charge in [0.25, 0.3) is 0 Å². The van der Waals surface area contributed by atoms with Crippen LogP contribution in [-0.4, -0.2) is 76.6 Å². The first kappa shape index (κ1) is 22.1. The second kappa shape index (κ2) is 11.0. The summed E-state index contributed by atoms with van der Waals surface area (Å²) in [5, 5.41) is 3.26. The highest BCUT2D eigenvalue weighted by molar-refractivity contribution is 5.80. The lowest BCUT2D eigenvalue weighted by Gasteiger charge is -2.38. The highest BCUT2D eigenvalue weighted by atomic mass is 19.4. The molecule has 1 N–H and O–H groups in total. The maximum absolute atomic E-state index is 12.1. The number of anilines is 1. The van der Waals surface area contributed by atoms with E-state index in [4.69, 9.17) is 4.74 Å². The molecule has 28 heavy (non-hydrogen) atoms. The third-order valence-corrected chi connectivity index (χ3v) is 4.31. The van der Waals surface area contributed by atoms with Crippen molar-refractivity contribution in [3.8, 4) is 5.75 Å². The van der Waals surface area contributed by atoms with Crippen molar-refractivity contribution in [2.45, 2.75) is 19.5 Å². The van der Waals surface area contributed by atoms with Gasteiger partial charge in [0, 0.05) is 45.9 Å². The molecule has 0 atom stereocenters. The standard InChI is InChI=1S/C19H29F3N4O2/c1-3-23-18(24-9-6-14-28-15-19(20,21)22)26-12-10-25(11-13-26)16-7-4-5-8-17(16)27-2/h4-5,7-8H,3,6,9-15H2,1-2H3,(H,23,24). The average molecular weight is 402 g/mol. The predicted molar refractivity (Wildman–Crippen MR) is 104 cm³/mol. The van der Waals surface area contributed by atoms with E-state index < -0.39 is 12.8 Å². The molecular formula is C19H29F3N4O2. The number of methoxy groups -OCH3 is 1. The lowest BCUT2D eigenvalue weighted by atomic mass is 10.2. The molecule has 0 aromatic heterocycles. The fourth-order valence-corrected chi connectivity index (χ4v) is 3.02. The van der Waals surface area contributed by atoms with Crippen LogP contribution in [0.2, 0.25) is 0 Å². The van der Waals surface area contributed by atoms with E-state index in [1.54, 1.807) is 7.11 Å². The number of hydrogen-bond acceptors (Lipinski definition) is 4. The summed E-state index contributed by atoms with van der Waals surface area (Å²) in [5.74, 6) is 1.65. The molecule has 1 aliphatic heterocycles. The van der Waals surface area contributed by atoms with E-state index in [9.17, 15) is 13.2 Å². The highest BCUT2D eigenvalue weighted by Crippen LogP contribution is 2.28. The molecule has 0 radical (unpaired) electrons. The van der Waals surface area contributed by atoms with Gasteiger partial charge < -0.3 is 24.6 Å². The summed E-state index contributed by atoms with van der Waals surface area (Å²) in [4.78, 5) is 8.98. The number of nitrogens with one attached hydrogen (secondary N) is 1. The van der Waals surface area contributed by atoms with Crippen molar-refractivity contribution >= 4 is 11.6 Å². The van der Waals surface area contributed by atoms with Crippen molar-refractivity contribution in [1.29, 1.82) is 0 Å². The van der Waals surface area contributed by atoms with E-state index >= 15 is 0 Å². The van der Waals surface area contributed by atoms with Crippen LogP contribution in [0.4, 0.5) is 18.9 Å². The number of hydrogen-bond donors (Lipinski definition) is 1. The molecule has 1 heterocycles. The van der Waals surface area contributed by atoms with E-state index in [0.717, 1.165) is 50.1 Å². The molecule has 158 valence electrons. The molecule has 0 aliphatic carbocycles. The van der Waals surface area contributed by atoms with Crippen LogP contribution in [-0.2, 0) is 4.74 Å². The van der Waals surface area contributed by atoms with E-state index in [-0.39, 0.29) is 6.61 Å². The van der Waals surface area contributed by atoms with Crippen molar-refractivity contribution in [2.24, 2.45) is 4.99 Å². The van der Waals surface area contributed by atoms with Crippen LogP contribution in [0.3, 0.4) is 0 Å². The summed E-state index contributed by atoms with van der Waals surface area (Å²) in [6.07, 6.45) is -3.83. The van der Waals surface area contributed by atoms with Crippen LogP contribution in [0, 0.1) is 0 Å². The molecule has 2 rings (SSSR count). The Kier molecular flexibility index (Phi) is 8.69. The Morgan fingerprint density at radius 3 is 2.54 bits per heavy atom. The molecule has 6 nitrogen and oxygen atoms in total. The Labute approximate surface area is 164 Å². The van der Waals surface area contributed by atoms with Gasteiger partial charge in [-0.15, -0.1) is 0 Å². The number of rotatable bonds is 8. The maximum Gasteiger partial charge on any atom is 0.411 e. The van der Waals surface area contributed by atoms with Gasteiger partial charge in [0.2, 0.25) is 0 Å². The molecule has 0 spiro atoms. The van der Waals surface area contributed by atoms with E-state index in [0.29, 0.717) is 13.0 Å². The predicted octanol–water partition coefficient (Wildman–Crippen LogP) is 2.75. The van der Waals surface area contributed by atoms with Gasteiger partial charge in [-0.1, -0.05) is 12.1 Å². The first-order valence-corrected chi connectivity index (χ1v) is 9.50. The summed E-state index contributed by atoms with van der Waals surface area (Å²) in [7, 11) is 1.67. The number of benzene rings is 1. The van der Waals surface area contributed by atoms with Gasteiger partial charge in [-0.25, -0.2) is 0 Å². The summed E-state index contributed by atoms with van der Waals surface area (Å²) in [6, 6.07) is 7.95. The van der Waals surface area contributed by atoms with Gasteiger partial charge in [0.05, 0.1) is 12.8 Å². The van der Waals surface area contributed by atoms with Crippen molar-refractivity contribution in [3.63, 3.8) is 0 Å². The van der Waals surface area contributed by atoms with Gasteiger partial charge in [0.1, 0.15) is 12.4 Å². The van der Waals surface area contributed by atoms with Crippen LogP contribution in [0.5, 0.6) is 5.75 Å². The summed E-state index contributed by atoms with van der Waals surface area (Å²) < 4.78 is 46.2. The highest BCUT2D eigenvalue weighted by Gasteiger charge is 2.27. The first-order chi connectivity index (χ1) is 13.4. The molecule has 1 fully saturated rings. The zero-order chi connectivity index (χ0) is 20.4. The lowest BCUT2D eigenvalue weighted by molar-refractivity contribution is -0.173. The molecule has 1 aromatic rings. The van der Waals surface area contributed by atoms with Crippen molar-refractivity contribution in [3.05, 3.63) is 24.3 Å². The number of halogens is 3. The Hall–Kier alpha value is -2.16. The van der Waals surface area contributed by atoms with Gasteiger partial charge in [-0.2, -0.15) is 13.2 Å². The Morgan fingerprint density at radius 2 is 1.89 bits per heavy atom. The molecule has 0 unspecified atom stereocenters. The van der Waals surface area contributed by atoms with Gasteiger partial charge in [-0.05, 0) is 25.5 Å².